The first-order chi connectivity index (χ1) is 7.87. The summed E-state index contributed by atoms with van der Waals surface area (Å²) in [5.74, 6) is -0.967. The SMILES string of the molecule is O=Cc1cc(C(=O)CBr)ccc1OC(F)(F)F. The van der Waals surface area contributed by atoms with E-state index in [-0.39, 0.29) is 28.5 Å². The predicted octanol–water partition coefficient (Wildman–Crippen LogP) is 2.98. The third kappa shape index (κ3) is 3.85. The van der Waals surface area contributed by atoms with Gasteiger partial charge in [-0.25, -0.2) is 0 Å². The normalized spacial score (nSPS) is 11.1. The molecule has 0 aliphatic carbocycles. The van der Waals surface area contributed by atoms with Crippen molar-refractivity contribution in [2.75, 3.05) is 5.33 Å². The van der Waals surface area contributed by atoms with Crippen LogP contribution in [0.3, 0.4) is 0 Å². The molecule has 0 amide bonds. The van der Waals surface area contributed by atoms with Crippen LogP contribution in [0.5, 0.6) is 5.75 Å². The van der Waals surface area contributed by atoms with E-state index >= 15 is 0 Å². The zero-order valence-corrected chi connectivity index (χ0v) is 9.84. The van der Waals surface area contributed by atoms with Crippen LogP contribution in [0, 0.1) is 0 Å². The summed E-state index contributed by atoms with van der Waals surface area (Å²) < 4.78 is 39.5. The monoisotopic (exact) mass is 310 g/mol. The smallest absolute Gasteiger partial charge is 0.405 e. The molecule has 0 atom stereocenters. The summed E-state index contributed by atoms with van der Waals surface area (Å²) in [6, 6.07) is 3.16. The molecule has 0 radical (unpaired) electrons. The zero-order valence-electron chi connectivity index (χ0n) is 8.25. The number of ether oxygens (including phenoxy) is 1. The van der Waals surface area contributed by atoms with Crippen molar-refractivity contribution in [3.8, 4) is 5.75 Å². The van der Waals surface area contributed by atoms with Crippen LogP contribution in [-0.4, -0.2) is 23.8 Å². The Morgan fingerprint density at radius 3 is 2.53 bits per heavy atom. The Bertz CT molecular complexity index is 443. The van der Waals surface area contributed by atoms with Gasteiger partial charge in [-0.05, 0) is 18.2 Å². The molecule has 0 heterocycles. The number of halogens is 4. The van der Waals surface area contributed by atoms with Gasteiger partial charge >= 0.3 is 6.36 Å². The molecule has 0 aliphatic rings. The van der Waals surface area contributed by atoms with Gasteiger partial charge in [-0.1, -0.05) is 15.9 Å². The molecule has 0 saturated carbocycles. The fraction of sp³-hybridized carbons (Fsp3) is 0.200. The predicted molar refractivity (Wildman–Crippen MR) is 56.6 cm³/mol. The number of ketones is 1. The number of carbonyl (C=O) groups excluding carboxylic acids is 2. The van der Waals surface area contributed by atoms with Crippen LogP contribution < -0.4 is 4.74 Å². The topological polar surface area (TPSA) is 43.4 Å². The Balaban J connectivity index is 3.10. The maximum Gasteiger partial charge on any atom is 0.573 e. The second kappa shape index (κ2) is 5.31. The number of benzene rings is 1. The van der Waals surface area contributed by atoms with E-state index in [1.165, 1.54) is 0 Å². The quantitative estimate of drug-likeness (QED) is 0.488. The van der Waals surface area contributed by atoms with Gasteiger partial charge in [-0.2, -0.15) is 0 Å². The highest BCUT2D eigenvalue weighted by atomic mass is 79.9. The highest BCUT2D eigenvalue weighted by molar-refractivity contribution is 9.09. The number of rotatable bonds is 4. The number of hydrogen-bond donors (Lipinski definition) is 0. The molecule has 0 N–H and O–H groups in total. The van der Waals surface area contributed by atoms with Gasteiger partial charge < -0.3 is 4.74 Å². The highest BCUT2D eigenvalue weighted by Crippen LogP contribution is 2.26. The number of aldehydes is 1. The lowest BCUT2D eigenvalue weighted by molar-refractivity contribution is -0.274. The van der Waals surface area contributed by atoms with Crippen LogP contribution in [0.2, 0.25) is 0 Å². The van der Waals surface area contributed by atoms with Crippen LogP contribution in [0.15, 0.2) is 18.2 Å². The molecular weight excluding hydrogens is 305 g/mol. The van der Waals surface area contributed by atoms with Crippen LogP contribution in [0.25, 0.3) is 0 Å². The van der Waals surface area contributed by atoms with Gasteiger partial charge in [0.1, 0.15) is 5.75 Å². The van der Waals surface area contributed by atoms with E-state index in [1.54, 1.807) is 0 Å². The second-order valence-corrected chi connectivity index (χ2v) is 3.54. The van der Waals surface area contributed by atoms with Crippen LogP contribution >= 0.6 is 15.9 Å². The Labute approximate surface area is 103 Å². The van der Waals surface area contributed by atoms with Crippen LogP contribution in [-0.2, 0) is 0 Å². The van der Waals surface area contributed by atoms with E-state index in [9.17, 15) is 22.8 Å². The van der Waals surface area contributed by atoms with Crippen molar-refractivity contribution in [1.82, 2.24) is 0 Å². The first kappa shape index (κ1) is 13.7. The second-order valence-electron chi connectivity index (χ2n) is 2.98. The molecule has 0 saturated heterocycles. The summed E-state index contributed by atoms with van der Waals surface area (Å²) in [5.41, 5.74) is -0.187. The van der Waals surface area contributed by atoms with Crippen LogP contribution in [0.4, 0.5) is 13.2 Å². The first-order valence-electron chi connectivity index (χ1n) is 4.31. The number of hydrogen-bond acceptors (Lipinski definition) is 3. The van der Waals surface area contributed by atoms with E-state index in [2.05, 4.69) is 20.7 Å². The summed E-state index contributed by atoms with van der Waals surface area (Å²) in [5, 5.41) is 0.0186. The van der Waals surface area contributed by atoms with Gasteiger partial charge in [0.15, 0.2) is 12.1 Å². The van der Waals surface area contributed by atoms with Crippen LogP contribution in [0.1, 0.15) is 20.7 Å². The summed E-state index contributed by atoms with van der Waals surface area (Å²) in [7, 11) is 0. The van der Waals surface area contributed by atoms with Crippen molar-refractivity contribution in [3.63, 3.8) is 0 Å². The lowest BCUT2D eigenvalue weighted by Gasteiger charge is -2.11. The minimum absolute atomic E-state index is 0.0186. The molecule has 0 aromatic heterocycles. The van der Waals surface area contributed by atoms with Gasteiger partial charge in [0.05, 0.1) is 10.9 Å². The third-order valence-corrected chi connectivity index (χ3v) is 2.32. The lowest BCUT2D eigenvalue weighted by Crippen LogP contribution is -2.18. The molecule has 92 valence electrons. The van der Waals surface area contributed by atoms with Crippen molar-refractivity contribution < 1.29 is 27.5 Å². The summed E-state index contributed by atoms with van der Waals surface area (Å²) in [6.07, 6.45) is -4.68. The number of alkyl halides is 4. The molecule has 7 heteroatoms. The summed E-state index contributed by atoms with van der Waals surface area (Å²) in [6.45, 7) is 0. The lowest BCUT2D eigenvalue weighted by atomic mass is 10.1. The number of carbonyl (C=O) groups is 2. The van der Waals surface area contributed by atoms with Crippen molar-refractivity contribution in [1.29, 1.82) is 0 Å². The highest BCUT2D eigenvalue weighted by Gasteiger charge is 2.32. The van der Waals surface area contributed by atoms with Gasteiger partial charge in [0.25, 0.3) is 0 Å². The van der Waals surface area contributed by atoms with Crippen molar-refractivity contribution >= 4 is 28.0 Å². The zero-order chi connectivity index (χ0) is 13.1. The molecule has 0 bridgehead atoms. The fourth-order valence-corrected chi connectivity index (χ4v) is 1.43. The Kier molecular flexibility index (Phi) is 4.28. The Morgan fingerprint density at radius 2 is 2.06 bits per heavy atom. The molecule has 1 aromatic carbocycles. The molecule has 17 heavy (non-hydrogen) atoms. The van der Waals surface area contributed by atoms with E-state index in [4.69, 9.17) is 0 Å². The first-order valence-corrected chi connectivity index (χ1v) is 5.43. The summed E-state index contributed by atoms with van der Waals surface area (Å²) >= 11 is 2.92. The van der Waals surface area contributed by atoms with Gasteiger partial charge in [0, 0.05) is 5.56 Å². The Hall–Kier alpha value is -1.37. The summed E-state index contributed by atoms with van der Waals surface area (Å²) in [4.78, 5) is 21.9. The Morgan fingerprint density at radius 1 is 1.41 bits per heavy atom. The standard InChI is InChI=1S/C10H6BrF3O3/c11-4-8(16)6-1-2-9(7(3-6)5-15)17-10(12,13)14/h1-3,5H,4H2. The maximum absolute atomic E-state index is 12.0. The largest absolute Gasteiger partial charge is 0.573 e. The van der Waals surface area contributed by atoms with E-state index < -0.39 is 12.1 Å². The number of Topliss-reactive ketones (excluding diaryl/α,β-unsaturated/α-hetero) is 1. The van der Waals surface area contributed by atoms with Crippen molar-refractivity contribution in [2.24, 2.45) is 0 Å². The van der Waals surface area contributed by atoms with Gasteiger partial charge in [-0.15, -0.1) is 13.2 Å². The maximum atomic E-state index is 12.0. The van der Waals surface area contributed by atoms with Crippen molar-refractivity contribution in [2.45, 2.75) is 6.36 Å². The molecule has 0 spiro atoms. The molecule has 1 rings (SSSR count). The average Bonchev–Trinajstić information content (AvgIpc) is 2.26. The average molecular weight is 311 g/mol. The van der Waals surface area contributed by atoms with Gasteiger partial charge in [0.2, 0.25) is 0 Å². The molecule has 0 unspecified atom stereocenters. The molecule has 1 aromatic rings. The van der Waals surface area contributed by atoms with Crippen molar-refractivity contribution in [3.05, 3.63) is 29.3 Å². The van der Waals surface area contributed by atoms with E-state index in [0.29, 0.717) is 0 Å². The minimum Gasteiger partial charge on any atom is -0.405 e. The molecule has 0 aliphatic heterocycles. The molecule has 0 fully saturated rings. The third-order valence-electron chi connectivity index (χ3n) is 1.81. The molecule has 3 nitrogen and oxygen atoms in total. The van der Waals surface area contributed by atoms with E-state index in [1.807, 2.05) is 0 Å². The fourth-order valence-electron chi connectivity index (χ4n) is 1.11. The van der Waals surface area contributed by atoms with E-state index in [0.717, 1.165) is 18.2 Å². The van der Waals surface area contributed by atoms with Gasteiger partial charge in [-0.3, -0.25) is 9.59 Å². The molecular formula is C10H6BrF3O3. The minimum atomic E-state index is -4.88.